The zero-order valence-electron chi connectivity index (χ0n) is 30.6. The molecule has 0 aliphatic rings. The molecule has 7 aromatic carbocycles. The van der Waals surface area contributed by atoms with E-state index < -0.39 is 0 Å². The minimum Gasteiger partial charge on any atom is -0.0683 e. The Labute approximate surface area is 288 Å². The van der Waals surface area contributed by atoms with Crippen LogP contribution in [0.1, 0.15) is 61.0 Å². The molecule has 0 spiro atoms. The van der Waals surface area contributed by atoms with Gasteiger partial charge in [0.2, 0.25) is 0 Å². The van der Waals surface area contributed by atoms with E-state index >= 15 is 0 Å². The van der Waals surface area contributed by atoms with Crippen molar-refractivity contribution in [2.24, 2.45) is 0 Å². The molecule has 0 heteroatoms. The summed E-state index contributed by atoms with van der Waals surface area (Å²) in [5.74, 6) is 0. The van der Waals surface area contributed by atoms with Gasteiger partial charge in [-0.1, -0.05) is 261 Å². The summed E-state index contributed by atoms with van der Waals surface area (Å²) in [4.78, 5) is 0. The lowest BCUT2D eigenvalue weighted by atomic mass is 10.1. The van der Waals surface area contributed by atoms with Crippen LogP contribution in [0.4, 0.5) is 0 Å². The molecule has 0 saturated heterocycles. The van der Waals surface area contributed by atoms with Gasteiger partial charge < -0.3 is 0 Å². The molecule has 7 rings (SSSR count). The summed E-state index contributed by atoms with van der Waals surface area (Å²) in [6, 6.07) is 67.7. The number of aryl methyl sites for hydroxylation is 1. The smallest absolute Gasteiger partial charge is 0.0184 e. The minimum absolute atomic E-state index is 1.31. The van der Waals surface area contributed by atoms with Crippen molar-refractivity contribution in [1.29, 1.82) is 0 Å². The number of hydrogen-bond donors (Lipinski definition) is 0. The summed E-state index contributed by atoms with van der Waals surface area (Å²) in [5, 5.41) is 5.24. The summed E-state index contributed by atoms with van der Waals surface area (Å²) in [7, 11) is 0. The topological polar surface area (TPSA) is 0 Å². The van der Waals surface area contributed by atoms with Gasteiger partial charge in [0, 0.05) is 0 Å². The van der Waals surface area contributed by atoms with Gasteiger partial charge in [0.1, 0.15) is 0 Å². The van der Waals surface area contributed by atoms with Crippen molar-refractivity contribution in [1.82, 2.24) is 0 Å². The summed E-state index contributed by atoms with van der Waals surface area (Å²) >= 11 is 0. The third-order valence-electron chi connectivity index (χ3n) is 5.59. The van der Waals surface area contributed by atoms with Gasteiger partial charge in [0.05, 0.1) is 0 Å². The second-order valence-electron chi connectivity index (χ2n) is 8.66. The van der Waals surface area contributed by atoms with Crippen LogP contribution < -0.4 is 0 Å². The fourth-order valence-corrected chi connectivity index (χ4v) is 3.57. The summed E-state index contributed by atoms with van der Waals surface area (Å²) in [6.45, 7) is 18.1. The van der Waals surface area contributed by atoms with Crippen molar-refractivity contribution in [3.8, 4) is 0 Å². The molecule has 0 atom stereocenters. The maximum atomic E-state index is 2.12. The van der Waals surface area contributed by atoms with Crippen LogP contribution in [-0.2, 0) is 0 Å². The lowest BCUT2D eigenvalue weighted by Crippen LogP contribution is -1.67. The number of rotatable bonds is 0. The highest BCUT2D eigenvalue weighted by Gasteiger charge is 1.86. The van der Waals surface area contributed by atoms with Gasteiger partial charge in [-0.25, -0.2) is 0 Å². The highest BCUT2D eigenvalue weighted by Crippen LogP contribution is 2.12. The van der Waals surface area contributed by atoms with E-state index in [2.05, 4.69) is 116 Å². The highest BCUT2D eigenvalue weighted by molar-refractivity contribution is 5.82. The van der Waals surface area contributed by atoms with E-state index in [-0.39, 0.29) is 0 Å². The maximum Gasteiger partial charge on any atom is -0.0184 e. The number of fused-ring (bicyclic) bond motifs is 2. The van der Waals surface area contributed by atoms with E-state index in [0.717, 1.165) is 0 Å². The molecule has 0 unspecified atom stereocenters. The van der Waals surface area contributed by atoms with Gasteiger partial charge in [0.25, 0.3) is 0 Å². The van der Waals surface area contributed by atoms with Crippen molar-refractivity contribution >= 4 is 21.5 Å². The van der Waals surface area contributed by atoms with Crippen LogP contribution >= 0.6 is 0 Å². The van der Waals surface area contributed by atoms with Crippen LogP contribution in [0, 0.1) is 6.92 Å². The standard InChI is InChI=1S/2C10H8.C7H8.2C6H6.4C2H6/c2*1-2-6-10-8-4-3-7-9(10)5-1;1-7-5-3-2-4-6-7;2*1-2-4-6-5-3-1;4*1-2/h2*1-8H;2-6H,1H3;2*1-6H;4*1-2H3. The molecule has 47 heavy (non-hydrogen) atoms. The van der Waals surface area contributed by atoms with Crippen molar-refractivity contribution in [3.05, 3.63) is 206 Å². The maximum absolute atomic E-state index is 2.12. The normalized spacial score (nSPS) is 8.11. The Bertz CT molecular complexity index is 1250. The van der Waals surface area contributed by atoms with Gasteiger partial charge in [0.15, 0.2) is 0 Å². The third kappa shape index (κ3) is 24.0. The summed E-state index contributed by atoms with van der Waals surface area (Å²) < 4.78 is 0. The Morgan fingerprint density at radius 3 is 0.447 bits per heavy atom. The Kier molecular flexibility index (Phi) is 33.4. The quantitative estimate of drug-likeness (QED) is 0.157. The number of benzene rings is 7. The zero-order valence-corrected chi connectivity index (χ0v) is 30.6. The molecular weight excluding hydrogens is 565 g/mol. The van der Waals surface area contributed by atoms with Gasteiger partial charge >= 0.3 is 0 Å². The van der Waals surface area contributed by atoms with Crippen LogP contribution in [-0.4, -0.2) is 0 Å². The molecule has 7 aromatic rings. The van der Waals surface area contributed by atoms with Crippen LogP contribution in [0.3, 0.4) is 0 Å². The van der Waals surface area contributed by atoms with Gasteiger partial charge in [-0.2, -0.15) is 0 Å². The predicted molar refractivity (Wildman–Crippen MR) is 217 cm³/mol. The predicted octanol–water partition coefficient (Wildman–Crippen LogP) is 15.2. The van der Waals surface area contributed by atoms with E-state index in [1.807, 2.05) is 146 Å². The molecular formula is C47H60. The molecule has 0 aliphatic heterocycles. The summed E-state index contributed by atoms with van der Waals surface area (Å²) in [5.41, 5.74) is 1.32. The van der Waals surface area contributed by atoms with Crippen LogP contribution in [0.15, 0.2) is 200 Å². The Balaban J connectivity index is 0. The Morgan fingerprint density at radius 2 is 0.319 bits per heavy atom. The van der Waals surface area contributed by atoms with Crippen molar-refractivity contribution in [3.63, 3.8) is 0 Å². The molecule has 0 saturated carbocycles. The van der Waals surface area contributed by atoms with Gasteiger partial charge in [-0.3, -0.25) is 0 Å². The molecule has 0 amide bonds. The second-order valence-corrected chi connectivity index (χ2v) is 8.66. The lowest BCUT2D eigenvalue weighted by Gasteiger charge is -1.92. The van der Waals surface area contributed by atoms with Crippen LogP contribution in [0.5, 0.6) is 0 Å². The average molecular weight is 625 g/mol. The Morgan fingerprint density at radius 1 is 0.191 bits per heavy atom. The first-order valence-corrected chi connectivity index (χ1v) is 17.2. The fourth-order valence-electron chi connectivity index (χ4n) is 3.57. The zero-order chi connectivity index (χ0) is 35.2. The lowest BCUT2D eigenvalue weighted by molar-refractivity contribution is 1.48. The first-order chi connectivity index (χ1) is 23.3. The van der Waals surface area contributed by atoms with Crippen LogP contribution in [0.2, 0.25) is 0 Å². The monoisotopic (exact) mass is 624 g/mol. The average Bonchev–Trinajstić information content (AvgIpc) is 3.21. The molecule has 0 aromatic heterocycles. The van der Waals surface area contributed by atoms with E-state index in [1.165, 1.54) is 27.1 Å². The second kappa shape index (κ2) is 35.5. The van der Waals surface area contributed by atoms with E-state index in [9.17, 15) is 0 Å². The van der Waals surface area contributed by atoms with E-state index in [0.29, 0.717) is 0 Å². The number of hydrogen-bond acceptors (Lipinski definition) is 0. The minimum atomic E-state index is 1.31. The first-order valence-electron chi connectivity index (χ1n) is 17.2. The SMILES string of the molecule is CC.CC.CC.CC.Cc1ccccc1.c1ccc2ccccc2c1.c1ccc2ccccc2c1.c1ccccc1.c1ccccc1. The third-order valence-corrected chi connectivity index (χ3v) is 5.59. The van der Waals surface area contributed by atoms with E-state index in [1.54, 1.807) is 0 Å². The molecule has 0 fully saturated rings. The summed E-state index contributed by atoms with van der Waals surface area (Å²) in [6.07, 6.45) is 0. The first kappa shape index (κ1) is 44.2. The molecule has 248 valence electrons. The molecule has 0 heterocycles. The highest BCUT2D eigenvalue weighted by atomic mass is 13.9. The van der Waals surface area contributed by atoms with E-state index in [4.69, 9.17) is 0 Å². The molecule has 0 N–H and O–H groups in total. The van der Waals surface area contributed by atoms with Crippen LogP contribution in [0.25, 0.3) is 21.5 Å². The van der Waals surface area contributed by atoms with Crippen molar-refractivity contribution in [2.75, 3.05) is 0 Å². The van der Waals surface area contributed by atoms with Crippen molar-refractivity contribution in [2.45, 2.75) is 62.3 Å². The molecule has 0 nitrogen and oxygen atoms in total. The largest absolute Gasteiger partial charge is 0.0683 e. The van der Waals surface area contributed by atoms with Crippen molar-refractivity contribution < 1.29 is 0 Å². The molecule has 0 aliphatic carbocycles. The van der Waals surface area contributed by atoms with Gasteiger partial charge in [-0.15, -0.1) is 0 Å². The fraction of sp³-hybridized carbons (Fsp3) is 0.191. The Hall–Kier alpha value is -4.94. The van der Waals surface area contributed by atoms with Gasteiger partial charge in [-0.05, 0) is 28.5 Å². The molecule has 0 bridgehead atoms. The molecule has 0 radical (unpaired) electrons.